The minimum absolute atomic E-state index is 0.0000874. The fourth-order valence-corrected chi connectivity index (χ4v) is 7.59. The highest BCUT2D eigenvalue weighted by Gasteiger charge is 2.36. The first-order chi connectivity index (χ1) is 22.7. The SMILES string of the molecule is COc1ccc(Cl)cc1N(CC(=O)N(Cc1ccccc1C)[C@@H](Cc1ccccc1)C(=O)NC1CCCC1)S(=O)(=O)c1ccccc1. The van der Waals surface area contributed by atoms with Gasteiger partial charge in [-0.2, -0.15) is 0 Å². The third-order valence-corrected chi connectivity index (χ3v) is 10.6. The predicted octanol–water partition coefficient (Wildman–Crippen LogP) is 6.55. The zero-order valence-corrected chi connectivity index (χ0v) is 28.2. The van der Waals surface area contributed by atoms with Crippen LogP contribution in [0.2, 0.25) is 5.02 Å². The van der Waals surface area contributed by atoms with Crippen LogP contribution in [0, 0.1) is 6.92 Å². The van der Waals surface area contributed by atoms with E-state index < -0.39 is 28.5 Å². The van der Waals surface area contributed by atoms with E-state index >= 15 is 0 Å². The number of nitrogens with zero attached hydrogens (tertiary/aromatic N) is 2. The number of nitrogens with one attached hydrogen (secondary N) is 1. The van der Waals surface area contributed by atoms with Crippen LogP contribution in [-0.4, -0.2) is 50.9 Å². The molecule has 1 aliphatic carbocycles. The second kappa shape index (κ2) is 15.5. The number of benzene rings is 4. The molecule has 0 aliphatic heterocycles. The highest BCUT2D eigenvalue weighted by molar-refractivity contribution is 7.92. The molecule has 0 spiro atoms. The van der Waals surface area contributed by atoms with E-state index in [-0.39, 0.29) is 46.3 Å². The molecule has 1 saturated carbocycles. The molecular weight excluding hydrogens is 634 g/mol. The van der Waals surface area contributed by atoms with E-state index in [0.29, 0.717) is 0 Å². The van der Waals surface area contributed by atoms with E-state index in [1.165, 1.54) is 30.2 Å². The Balaban J connectivity index is 1.61. The summed E-state index contributed by atoms with van der Waals surface area (Å²) < 4.78 is 35.1. The Morgan fingerprint density at radius 2 is 1.55 bits per heavy atom. The lowest BCUT2D eigenvalue weighted by Crippen LogP contribution is -2.54. The van der Waals surface area contributed by atoms with E-state index in [9.17, 15) is 18.0 Å². The molecule has 2 amide bonds. The minimum atomic E-state index is -4.29. The van der Waals surface area contributed by atoms with Crippen LogP contribution in [0.1, 0.15) is 42.4 Å². The third kappa shape index (κ3) is 8.34. The van der Waals surface area contributed by atoms with Crippen LogP contribution in [-0.2, 0) is 32.6 Å². The third-order valence-electron chi connectivity index (χ3n) is 8.59. The number of carbonyl (C=O) groups excluding carboxylic acids is 2. The van der Waals surface area contributed by atoms with E-state index in [1.807, 2.05) is 61.5 Å². The van der Waals surface area contributed by atoms with Gasteiger partial charge in [-0.15, -0.1) is 0 Å². The highest BCUT2D eigenvalue weighted by atomic mass is 35.5. The highest BCUT2D eigenvalue weighted by Crippen LogP contribution is 2.35. The van der Waals surface area contributed by atoms with Crippen molar-refractivity contribution < 1.29 is 22.7 Å². The summed E-state index contributed by atoms with van der Waals surface area (Å²) in [5.74, 6) is -0.579. The van der Waals surface area contributed by atoms with Crippen LogP contribution < -0.4 is 14.4 Å². The van der Waals surface area contributed by atoms with Gasteiger partial charge in [0.15, 0.2) is 0 Å². The molecule has 1 N–H and O–H groups in total. The van der Waals surface area contributed by atoms with Gasteiger partial charge in [0.25, 0.3) is 10.0 Å². The minimum Gasteiger partial charge on any atom is -0.495 e. The molecule has 0 bridgehead atoms. The second-order valence-electron chi connectivity index (χ2n) is 11.8. The Labute approximate surface area is 282 Å². The van der Waals surface area contributed by atoms with E-state index in [1.54, 1.807) is 30.3 Å². The molecule has 0 heterocycles. The van der Waals surface area contributed by atoms with Crippen molar-refractivity contribution in [1.82, 2.24) is 10.2 Å². The topological polar surface area (TPSA) is 96.0 Å². The molecule has 0 radical (unpaired) electrons. The van der Waals surface area contributed by atoms with Crippen molar-refractivity contribution >= 4 is 39.1 Å². The molecular formula is C37H40ClN3O5S. The molecule has 0 unspecified atom stereocenters. The smallest absolute Gasteiger partial charge is 0.264 e. The molecule has 5 rings (SSSR count). The van der Waals surface area contributed by atoms with Gasteiger partial charge in [0.2, 0.25) is 11.8 Å². The van der Waals surface area contributed by atoms with Crippen molar-refractivity contribution in [2.24, 2.45) is 0 Å². The Bertz CT molecular complexity index is 1780. The summed E-state index contributed by atoms with van der Waals surface area (Å²) in [6.45, 7) is 1.46. The first-order valence-electron chi connectivity index (χ1n) is 15.8. The maximum atomic E-state index is 14.7. The van der Waals surface area contributed by atoms with Crippen molar-refractivity contribution in [2.45, 2.75) is 62.6 Å². The molecule has 8 nitrogen and oxygen atoms in total. The van der Waals surface area contributed by atoms with Crippen LogP contribution in [0.5, 0.6) is 5.75 Å². The molecule has 4 aromatic carbocycles. The summed E-state index contributed by atoms with van der Waals surface area (Å²) in [6.07, 6.45) is 4.09. The Morgan fingerprint density at radius 1 is 0.915 bits per heavy atom. The number of hydrogen-bond donors (Lipinski definition) is 1. The van der Waals surface area contributed by atoms with Crippen molar-refractivity contribution in [3.63, 3.8) is 0 Å². The van der Waals surface area contributed by atoms with Crippen LogP contribution in [0.15, 0.2) is 108 Å². The van der Waals surface area contributed by atoms with Crippen LogP contribution in [0.3, 0.4) is 0 Å². The summed E-state index contributed by atoms with van der Waals surface area (Å²) in [7, 11) is -2.86. The van der Waals surface area contributed by atoms with Gasteiger partial charge in [0, 0.05) is 24.0 Å². The van der Waals surface area contributed by atoms with Crippen molar-refractivity contribution in [1.29, 1.82) is 0 Å². The molecule has 47 heavy (non-hydrogen) atoms. The molecule has 4 aromatic rings. The monoisotopic (exact) mass is 673 g/mol. The lowest BCUT2D eigenvalue weighted by molar-refractivity contribution is -0.140. The maximum absolute atomic E-state index is 14.7. The Hall–Kier alpha value is -4.34. The predicted molar refractivity (Wildman–Crippen MR) is 185 cm³/mol. The van der Waals surface area contributed by atoms with Gasteiger partial charge in [-0.05, 0) is 66.8 Å². The number of amides is 2. The number of hydrogen-bond acceptors (Lipinski definition) is 5. The largest absolute Gasteiger partial charge is 0.495 e. The lowest BCUT2D eigenvalue weighted by atomic mass is 10.0. The number of sulfonamides is 1. The molecule has 1 atom stereocenters. The molecule has 0 saturated heterocycles. The number of methoxy groups -OCH3 is 1. The van der Waals surface area contributed by atoms with Crippen molar-refractivity contribution in [2.75, 3.05) is 18.0 Å². The summed E-state index contributed by atoms with van der Waals surface area (Å²) >= 11 is 6.38. The number of rotatable bonds is 13. The summed E-state index contributed by atoms with van der Waals surface area (Å²) in [4.78, 5) is 30.4. The van der Waals surface area contributed by atoms with E-state index in [4.69, 9.17) is 16.3 Å². The summed E-state index contributed by atoms with van der Waals surface area (Å²) in [6, 6.07) is 28.9. The number of halogens is 1. The number of ether oxygens (including phenoxy) is 1. The first-order valence-corrected chi connectivity index (χ1v) is 17.6. The van der Waals surface area contributed by atoms with Gasteiger partial charge in [-0.1, -0.05) is 97.2 Å². The van der Waals surface area contributed by atoms with Crippen LogP contribution in [0.25, 0.3) is 0 Å². The molecule has 0 aromatic heterocycles. The molecule has 10 heteroatoms. The zero-order valence-electron chi connectivity index (χ0n) is 26.6. The average molecular weight is 674 g/mol. The van der Waals surface area contributed by atoms with E-state index in [2.05, 4.69) is 5.32 Å². The van der Waals surface area contributed by atoms with Gasteiger partial charge in [-0.3, -0.25) is 13.9 Å². The first kappa shape index (κ1) is 34.0. The normalized spacial score (nSPS) is 13.9. The average Bonchev–Trinajstić information content (AvgIpc) is 3.59. The van der Waals surface area contributed by atoms with Gasteiger partial charge in [0.05, 0.1) is 17.7 Å². The Morgan fingerprint density at radius 3 is 2.21 bits per heavy atom. The fourth-order valence-electron chi connectivity index (χ4n) is 5.98. The molecule has 1 aliphatic rings. The van der Waals surface area contributed by atoms with Crippen molar-refractivity contribution in [3.8, 4) is 5.75 Å². The molecule has 246 valence electrons. The zero-order chi connectivity index (χ0) is 33.4. The quantitative estimate of drug-likeness (QED) is 0.174. The van der Waals surface area contributed by atoms with Crippen LogP contribution in [0.4, 0.5) is 5.69 Å². The standard InChI is InChI=1S/C37H40ClN3O5S/c1-27-13-9-10-16-29(27)25-40(34(23-28-14-5-3-6-15-28)37(43)39-31-17-11-12-18-31)36(42)26-41(33-24-30(38)21-22-35(33)46-2)47(44,45)32-19-7-4-8-20-32/h3-10,13-16,19-22,24,31,34H,11-12,17-18,23,25-26H2,1-2H3,(H,39,43)/t34-/m0/s1. The van der Waals surface area contributed by atoms with Crippen molar-refractivity contribution in [3.05, 3.63) is 125 Å². The van der Waals surface area contributed by atoms with Gasteiger partial charge >= 0.3 is 0 Å². The number of aryl methyl sites for hydroxylation is 1. The number of carbonyl (C=O) groups is 2. The van der Waals surface area contributed by atoms with Gasteiger partial charge < -0.3 is 15.0 Å². The van der Waals surface area contributed by atoms with Gasteiger partial charge in [0.1, 0.15) is 18.3 Å². The van der Waals surface area contributed by atoms with Gasteiger partial charge in [-0.25, -0.2) is 8.42 Å². The molecule has 1 fully saturated rings. The summed E-state index contributed by atoms with van der Waals surface area (Å²) in [5.41, 5.74) is 2.80. The fraction of sp³-hybridized carbons (Fsp3) is 0.297. The lowest BCUT2D eigenvalue weighted by Gasteiger charge is -2.35. The second-order valence-corrected chi connectivity index (χ2v) is 14.1. The van der Waals surface area contributed by atoms with Crippen LogP contribution >= 0.6 is 11.6 Å². The number of anilines is 1. The summed E-state index contributed by atoms with van der Waals surface area (Å²) in [5, 5.41) is 3.47. The van der Waals surface area contributed by atoms with E-state index in [0.717, 1.165) is 46.7 Å². The Kier molecular flexibility index (Phi) is 11.2. The maximum Gasteiger partial charge on any atom is 0.264 e.